The molecule has 1 aliphatic heterocycles. The van der Waals surface area contributed by atoms with Gasteiger partial charge in [0.1, 0.15) is 0 Å². The van der Waals surface area contributed by atoms with Gasteiger partial charge in [-0.25, -0.2) is 9.50 Å². The van der Waals surface area contributed by atoms with Crippen LogP contribution in [0, 0.1) is 0 Å². The Bertz CT molecular complexity index is 978. The van der Waals surface area contributed by atoms with Crippen LogP contribution in [-0.2, 0) is 11.2 Å². The van der Waals surface area contributed by atoms with E-state index in [1.165, 1.54) is 6.42 Å². The number of halogens is 1. The minimum Gasteiger partial charge on any atom is -0.477 e. The van der Waals surface area contributed by atoms with E-state index in [1.54, 1.807) is 4.52 Å². The number of fused-ring (bicyclic) bond motifs is 1. The number of ether oxygens (including phenoxy) is 1. The van der Waals surface area contributed by atoms with Crippen LogP contribution in [0.15, 0.2) is 40.9 Å². The van der Waals surface area contributed by atoms with Gasteiger partial charge in [-0.2, -0.15) is 0 Å². The van der Waals surface area contributed by atoms with Crippen molar-refractivity contribution < 1.29 is 9.53 Å². The lowest BCUT2D eigenvalue weighted by molar-refractivity contribution is -0.131. The van der Waals surface area contributed by atoms with E-state index >= 15 is 0 Å². The predicted molar refractivity (Wildman–Crippen MR) is 111 cm³/mol. The normalized spacial score (nSPS) is 14.4. The molecule has 3 heterocycles. The molecule has 4 rings (SSSR count). The number of imidazole rings is 1. The van der Waals surface area contributed by atoms with Crippen molar-refractivity contribution in [3.8, 4) is 17.1 Å². The standard InChI is InChI=1S/C21H23BrN4O2/c1-2-28-19-11-10-18-23-21(15-6-8-16(22)9-7-15)17(26(18)24-19)14-20(27)25-12-4-3-5-13-25/h6-11H,2-5,12-14H2,1H3. The smallest absolute Gasteiger partial charge is 0.231 e. The number of carbonyl (C=O) groups is 1. The van der Waals surface area contributed by atoms with E-state index in [4.69, 9.17) is 9.72 Å². The molecule has 0 bridgehead atoms. The molecular formula is C21H23BrN4O2. The summed E-state index contributed by atoms with van der Waals surface area (Å²) < 4.78 is 8.32. The Labute approximate surface area is 172 Å². The summed E-state index contributed by atoms with van der Waals surface area (Å²) in [6, 6.07) is 11.7. The molecule has 1 fully saturated rings. The molecule has 0 unspecified atom stereocenters. The molecule has 2 aromatic heterocycles. The van der Waals surface area contributed by atoms with E-state index in [9.17, 15) is 4.79 Å². The first-order chi connectivity index (χ1) is 13.7. The molecule has 6 nitrogen and oxygen atoms in total. The Kier molecular flexibility index (Phi) is 5.62. The van der Waals surface area contributed by atoms with Crippen molar-refractivity contribution in [1.29, 1.82) is 0 Å². The van der Waals surface area contributed by atoms with Crippen LogP contribution < -0.4 is 4.74 Å². The lowest BCUT2D eigenvalue weighted by Crippen LogP contribution is -2.36. The van der Waals surface area contributed by atoms with Crippen LogP contribution in [0.3, 0.4) is 0 Å². The highest BCUT2D eigenvalue weighted by Crippen LogP contribution is 2.27. The topological polar surface area (TPSA) is 59.7 Å². The van der Waals surface area contributed by atoms with Crippen LogP contribution in [-0.4, -0.2) is 45.1 Å². The van der Waals surface area contributed by atoms with E-state index < -0.39 is 0 Å². The van der Waals surface area contributed by atoms with Gasteiger partial charge in [0, 0.05) is 29.2 Å². The van der Waals surface area contributed by atoms with Gasteiger partial charge in [-0.05, 0) is 44.4 Å². The number of piperidine rings is 1. The molecule has 28 heavy (non-hydrogen) atoms. The minimum absolute atomic E-state index is 0.128. The first-order valence-electron chi connectivity index (χ1n) is 9.71. The number of hydrogen-bond acceptors (Lipinski definition) is 4. The summed E-state index contributed by atoms with van der Waals surface area (Å²) in [6.45, 7) is 4.13. The summed E-state index contributed by atoms with van der Waals surface area (Å²) in [4.78, 5) is 19.7. The van der Waals surface area contributed by atoms with Crippen molar-refractivity contribution in [2.45, 2.75) is 32.6 Å². The quantitative estimate of drug-likeness (QED) is 0.596. The van der Waals surface area contributed by atoms with Crippen LogP contribution in [0.4, 0.5) is 0 Å². The third-order valence-electron chi connectivity index (χ3n) is 4.98. The average molecular weight is 443 g/mol. The van der Waals surface area contributed by atoms with Crippen molar-refractivity contribution in [2.24, 2.45) is 0 Å². The fourth-order valence-electron chi connectivity index (χ4n) is 3.58. The SMILES string of the molecule is CCOc1ccc2nc(-c3ccc(Br)cc3)c(CC(=O)N3CCCCC3)n2n1. The predicted octanol–water partition coefficient (Wildman–Crippen LogP) is 4.11. The summed E-state index contributed by atoms with van der Waals surface area (Å²) in [5.41, 5.74) is 3.27. The maximum atomic E-state index is 13.0. The Hall–Kier alpha value is -2.41. The second kappa shape index (κ2) is 8.31. The summed E-state index contributed by atoms with van der Waals surface area (Å²) in [5, 5.41) is 4.58. The van der Waals surface area contributed by atoms with Gasteiger partial charge in [0.25, 0.3) is 0 Å². The molecule has 0 N–H and O–H groups in total. The van der Waals surface area contributed by atoms with Gasteiger partial charge in [-0.3, -0.25) is 4.79 Å². The molecule has 0 aliphatic carbocycles. The summed E-state index contributed by atoms with van der Waals surface area (Å²) in [7, 11) is 0. The lowest BCUT2D eigenvalue weighted by atomic mass is 10.1. The van der Waals surface area contributed by atoms with E-state index in [1.807, 2.05) is 48.2 Å². The Morgan fingerprint density at radius 2 is 1.86 bits per heavy atom. The Balaban J connectivity index is 1.77. The maximum absolute atomic E-state index is 13.0. The Morgan fingerprint density at radius 1 is 1.11 bits per heavy atom. The lowest BCUT2D eigenvalue weighted by Gasteiger charge is -2.26. The second-order valence-corrected chi connectivity index (χ2v) is 7.82. The van der Waals surface area contributed by atoms with Gasteiger partial charge in [0.15, 0.2) is 5.65 Å². The largest absolute Gasteiger partial charge is 0.477 e. The molecule has 0 spiro atoms. The first kappa shape index (κ1) is 18.9. The zero-order valence-corrected chi connectivity index (χ0v) is 17.5. The maximum Gasteiger partial charge on any atom is 0.231 e. The van der Waals surface area contributed by atoms with Crippen molar-refractivity contribution in [3.63, 3.8) is 0 Å². The molecule has 0 radical (unpaired) electrons. The highest BCUT2D eigenvalue weighted by atomic mass is 79.9. The first-order valence-corrected chi connectivity index (χ1v) is 10.5. The molecule has 1 amide bonds. The third-order valence-corrected chi connectivity index (χ3v) is 5.51. The molecule has 1 aliphatic rings. The van der Waals surface area contributed by atoms with Gasteiger partial charge in [-0.1, -0.05) is 28.1 Å². The van der Waals surface area contributed by atoms with Crippen LogP contribution in [0.2, 0.25) is 0 Å². The third kappa shape index (κ3) is 3.90. The molecule has 1 aromatic carbocycles. The van der Waals surface area contributed by atoms with Gasteiger partial charge >= 0.3 is 0 Å². The highest BCUT2D eigenvalue weighted by molar-refractivity contribution is 9.10. The fraction of sp³-hybridized carbons (Fsp3) is 0.381. The van der Waals surface area contributed by atoms with Gasteiger partial charge in [0.05, 0.1) is 24.4 Å². The highest BCUT2D eigenvalue weighted by Gasteiger charge is 2.23. The number of benzene rings is 1. The molecular weight excluding hydrogens is 420 g/mol. The van der Waals surface area contributed by atoms with Crippen molar-refractivity contribution in [1.82, 2.24) is 19.5 Å². The molecule has 0 saturated carbocycles. The van der Waals surface area contributed by atoms with E-state index in [2.05, 4.69) is 21.0 Å². The number of likely N-dealkylation sites (tertiary alicyclic amines) is 1. The van der Waals surface area contributed by atoms with Crippen LogP contribution in [0.25, 0.3) is 16.9 Å². The number of carbonyl (C=O) groups excluding carboxylic acids is 1. The molecule has 7 heteroatoms. The Morgan fingerprint density at radius 3 is 2.57 bits per heavy atom. The van der Waals surface area contributed by atoms with Gasteiger partial charge in [-0.15, -0.1) is 5.10 Å². The van der Waals surface area contributed by atoms with Crippen LogP contribution in [0.1, 0.15) is 31.9 Å². The number of nitrogens with zero attached hydrogens (tertiary/aromatic N) is 4. The molecule has 146 valence electrons. The van der Waals surface area contributed by atoms with E-state index in [0.717, 1.165) is 47.4 Å². The number of amides is 1. The number of hydrogen-bond donors (Lipinski definition) is 0. The minimum atomic E-state index is 0.128. The van der Waals surface area contributed by atoms with Crippen molar-refractivity contribution in [3.05, 3.63) is 46.6 Å². The van der Waals surface area contributed by atoms with Crippen LogP contribution in [0.5, 0.6) is 5.88 Å². The molecule has 0 atom stereocenters. The zero-order chi connectivity index (χ0) is 19.5. The molecule has 3 aromatic rings. The fourth-order valence-corrected chi connectivity index (χ4v) is 3.85. The van der Waals surface area contributed by atoms with Crippen molar-refractivity contribution in [2.75, 3.05) is 19.7 Å². The zero-order valence-electron chi connectivity index (χ0n) is 15.9. The summed E-state index contributed by atoms with van der Waals surface area (Å²) in [6.07, 6.45) is 3.62. The van der Waals surface area contributed by atoms with Gasteiger partial charge in [0.2, 0.25) is 11.8 Å². The number of aromatic nitrogens is 3. The summed E-state index contributed by atoms with van der Waals surface area (Å²) >= 11 is 3.48. The van der Waals surface area contributed by atoms with E-state index in [-0.39, 0.29) is 12.3 Å². The summed E-state index contributed by atoms with van der Waals surface area (Å²) in [5.74, 6) is 0.657. The van der Waals surface area contributed by atoms with Crippen molar-refractivity contribution >= 4 is 27.5 Å². The van der Waals surface area contributed by atoms with Crippen LogP contribution >= 0.6 is 15.9 Å². The molecule has 1 saturated heterocycles. The monoisotopic (exact) mass is 442 g/mol. The van der Waals surface area contributed by atoms with Gasteiger partial charge < -0.3 is 9.64 Å². The number of rotatable bonds is 5. The average Bonchev–Trinajstić information content (AvgIpc) is 3.07. The van der Waals surface area contributed by atoms with E-state index in [0.29, 0.717) is 18.1 Å². The second-order valence-electron chi connectivity index (χ2n) is 6.91.